The average molecular weight is 407 g/mol. The Labute approximate surface area is 175 Å². The first kappa shape index (κ1) is 20.1. The monoisotopic (exact) mass is 407 g/mol. The molecular weight excluding hydrogens is 382 g/mol. The van der Waals surface area contributed by atoms with Gasteiger partial charge in [0, 0.05) is 38.6 Å². The van der Waals surface area contributed by atoms with Crippen LogP contribution in [0.3, 0.4) is 0 Å². The van der Waals surface area contributed by atoms with Crippen LogP contribution < -0.4 is 10.2 Å². The van der Waals surface area contributed by atoms with Gasteiger partial charge in [-0.3, -0.25) is 19.7 Å². The van der Waals surface area contributed by atoms with Gasteiger partial charge >= 0.3 is 0 Å². The zero-order valence-corrected chi connectivity index (χ0v) is 16.9. The lowest BCUT2D eigenvalue weighted by atomic mass is 9.93. The van der Waals surface area contributed by atoms with Crippen molar-refractivity contribution < 1.29 is 19.5 Å². The molecule has 0 radical (unpaired) electrons. The Morgan fingerprint density at radius 2 is 1.93 bits per heavy atom. The maximum Gasteiger partial charge on any atom is 0.267 e. The molecule has 0 bridgehead atoms. The van der Waals surface area contributed by atoms with E-state index in [9.17, 15) is 9.59 Å². The normalized spacial score (nSPS) is 18.3. The van der Waals surface area contributed by atoms with Crippen LogP contribution in [0.1, 0.15) is 34.3 Å². The fourth-order valence-corrected chi connectivity index (χ4v) is 4.03. The maximum absolute atomic E-state index is 13.6. The molecule has 4 rings (SSSR count). The predicted octanol–water partition coefficient (Wildman–Crippen LogP) is 2.66. The van der Waals surface area contributed by atoms with E-state index in [1.54, 1.807) is 29.8 Å². The van der Waals surface area contributed by atoms with Gasteiger partial charge < -0.3 is 9.64 Å². The highest BCUT2D eigenvalue weighted by atomic mass is 16.5. The number of piperidine rings is 1. The first-order chi connectivity index (χ1) is 14.5. The Bertz CT molecular complexity index is 966. The molecule has 0 atom stereocenters. The number of rotatable bonds is 4. The van der Waals surface area contributed by atoms with Gasteiger partial charge in [0.05, 0.1) is 5.56 Å². The van der Waals surface area contributed by atoms with Crippen molar-refractivity contribution in [1.82, 2.24) is 15.3 Å². The SMILES string of the molecule is CN1CCC2(CC1)Oc1ccc(/C=C/C(=O)NO)cc1C(=O)N2Cc1ccccc1. The number of carbonyl (C=O) groups is 2. The highest BCUT2D eigenvalue weighted by Gasteiger charge is 2.48. The van der Waals surface area contributed by atoms with Crippen molar-refractivity contribution in [3.05, 3.63) is 71.3 Å². The fourth-order valence-electron chi connectivity index (χ4n) is 4.03. The number of benzene rings is 2. The Morgan fingerprint density at radius 1 is 1.20 bits per heavy atom. The molecule has 2 aliphatic heterocycles. The predicted molar refractivity (Wildman–Crippen MR) is 112 cm³/mol. The van der Waals surface area contributed by atoms with Crippen LogP contribution in [0.2, 0.25) is 0 Å². The van der Waals surface area contributed by atoms with Gasteiger partial charge in [-0.1, -0.05) is 36.4 Å². The summed E-state index contributed by atoms with van der Waals surface area (Å²) < 4.78 is 6.50. The Hall–Kier alpha value is -3.16. The Morgan fingerprint density at radius 3 is 2.63 bits per heavy atom. The molecule has 2 amide bonds. The second kappa shape index (κ2) is 8.30. The second-order valence-electron chi connectivity index (χ2n) is 7.79. The van der Waals surface area contributed by atoms with Gasteiger partial charge in [0.1, 0.15) is 5.75 Å². The van der Waals surface area contributed by atoms with Crippen molar-refractivity contribution in [3.8, 4) is 5.75 Å². The number of fused-ring (bicyclic) bond motifs is 1. The molecule has 2 aromatic rings. The van der Waals surface area contributed by atoms with Gasteiger partial charge in [-0.2, -0.15) is 0 Å². The summed E-state index contributed by atoms with van der Waals surface area (Å²) >= 11 is 0. The van der Waals surface area contributed by atoms with Crippen LogP contribution in [0.15, 0.2) is 54.6 Å². The van der Waals surface area contributed by atoms with E-state index in [1.165, 1.54) is 6.08 Å². The summed E-state index contributed by atoms with van der Waals surface area (Å²) in [7, 11) is 2.08. The molecule has 2 N–H and O–H groups in total. The molecule has 2 heterocycles. The van der Waals surface area contributed by atoms with E-state index in [0.29, 0.717) is 23.4 Å². The third kappa shape index (κ3) is 3.94. The summed E-state index contributed by atoms with van der Waals surface area (Å²) in [6.45, 7) is 2.17. The maximum atomic E-state index is 13.6. The van der Waals surface area contributed by atoms with Crippen LogP contribution in [0.4, 0.5) is 0 Å². The zero-order valence-electron chi connectivity index (χ0n) is 16.9. The molecule has 2 aromatic carbocycles. The van der Waals surface area contributed by atoms with Crippen LogP contribution in [-0.4, -0.2) is 52.7 Å². The topological polar surface area (TPSA) is 82.1 Å². The molecule has 0 saturated carbocycles. The summed E-state index contributed by atoms with van der Waals surface area (Å²) in [6.07, 6.45) is 4.22. The Balaban J connectivity index is 1.70. The van der Waals surface area contributed by atoms with Gasteiger partial charge in [-0.15, -0.1) is 0 Å². The van der Waals surface area contributed by atoms with Gasteiger partial charge in [-0.25, -0.2) is 5.48 Å². The van der Waals surface area contributed by atoms with Crippen LogP contribution in [-0.2, 0) is 11.3 Å². The number of hydrogen-bond donors (Lipinski definition) is 2. The zero-order chi connectivity index (χ0) is 21.1. The fraction of sp³-hybridized carbons (Fsp3) is 0.304. The number of amides is 2. The second-order valence-corrected chi connectivity index (χ2v) is 7.79. The molecule has 1 saturated heterocycles. The summed E-state index contributed by atoms with van der Waals surface area (Å²) in [6, 6.07) is 15.2. The van der Waals surface area contributed by atoms with Crippen molar-refractivity contribution in [2.24, 2.45) is 0 Å². The van der Waals surface area contributed by atoms with E-state index in [1.807, 2.05) is 35.2 Å². The van der Waals surface area contributed by atoms with E-state index < -0.39 is 11.6 Å². The minimum absolute atomic E-state index is 0.0773. The van der Waals surface area contributed by atoms with E-state index in [4.69, 9.17) is 9.94 Å². The number of hydroxylamine groups is 1. The summed E-state index contributed by atoms with van der Waals surface area (Å²) in [5.41, 5.74) is 3.08. The van der Waals surface area contributed by atoms with Gasteiger partial charge in [-0.05, 0) is 36.4 Å². The van der Waals surface area contributed by atoms with Gasteiger partial charge in [0.15, 0.2) is 5.72 Å². The van der Waals surface area contributed by atoms with E-state index in [-0.39, 0.29) is 5.91 Å². The molecule has 0 aliphatic carbocycles. The minimum Gasteiger partial charge on any atom is -0.467 e. The standard InChI is InChI=1S/C23H25N3O4/c1-25-13-11-23(12-14-25)26(16-18-5-3-2-4-6-18)22(28)19-15-17(7-9-20(19)30-23)8-10-21(27)24-29/h2-10,15,29H,11-14,16H2,1H3,(H,24,27)/b10-8+. The lowest BCUT2D eigenvalue weighted by Gasteiger charge is -2.50. The lowest BCUT2D eigenvalue weighted by Crippen LogP contribution is -2.62. The third-order valence-electron chi connectivity index (χ3n) is 5.76. The number of nitrogens with one attached hydrogen (secondary N) is 1. The smallest absolute Gasteiger partial charge is 0.267 e. The first-order valence-electron chi connectivity index (χ1n) is 10.0. The minimum atomic E-state index is -0.666. The molecule has 7 nitrogen and oxygen atoms in total. The number of nitrogens with zero attached hydrogens (tertiary/aromatic N) is 2. The Kier molecular flexibility index (Phi) is 5.57. The summed E-state index contributed by atoms with van der Waals surface area (Å²) in [4.78, 5) is 29.0. The molecule has 0 unspecified atom stereocenters. The van der Waals surface area contributed by atoms with Crippen LogP contribution >= 0.6 is 0 Å². The highest BCUT2D eigenvalue weighted by Crippen LogP contribution is 2.40. The van der Waals surface area contributed by atoms with E-state index in [0.717, 1.165) is 31.5 Å². The largest absolute Gasteiger partial charge is 0.467 e. The molecule has 7 heteroatoms. The number of hydrogen-bond acceptors (Lipinski definition) is 5. The third-order valence-corrected chi connectivity index (χ3v) is 5.76. The number of carbonyl (C=O) groups excluding carboxylic acids is 2. The number of ether oxygens (including phenoxy) is 1. The molecule has 1 spiro atoms. The summed E-state index contributed by atoms with van der Waals surface area (Å²) in [5, 5.41) is 8.65. The lowest BCUT2D eigenvalue weighted by molar-refractivity contribution is -0.124. The number of likely N-dealkylation sites (tertiary alicyclic amines) is 1. The van der Waals surface area contributed by atoms with Crippen LogP contribution in [0.5, 0.6) is 5.75 Å². The van der Waals surface area contributed by atoms with Crippen LogP contribution in [0.25, 0.3) is 6.08 Å². The molecule has 2 aliphatic rings. The van der Waals surface area contributed by atoms with Crippen molar-refractivity contribution in [3.63, 3.8) is 0 Å². The molecule has 30 heavy (non-hydrogen) atoms. The van der Waals surface area contributed by atoms with E-state index >= 15 is 0 Å². The van der Waals surface area contributed by atoms with Crippen LogP contribution in [0, 0.1) is 0 Å². The molecular formula is C23H25N3O4. The van der Waals surface area contributed by atoms with Crippen molar-refractivity contribution in [1.29, 1.82) is 0 Å². The molecule has 1 fully saturated rings. The molecule has 0 aromatic heterocycles. The van der Waals surface area contributed by atoms with Crippen molar-refractivity contribution in [2.45, 2.75) is 25.1 Å². The van der Waals surface area contributed by atoms with Crippen molar-refractivity contribution >= 4 is 17.9 Å². The quantitative estimate of drug-likeness (QED) is 0.463. The van der Waals surface area contributed by atoms with Gasteiger partial charge in [0.2, 0.25) is 0 Å². The van der Waals surface area contributed by atoms with Gasteiger partial charge in [0.25, 0.3) is 11.8 Å². The molecule has 156 valence electrons. The average Bonchev–Trinajstić information content (AvgIpc) is 2.78. The summed E-state index contributed by atoms with van der Waals surface area (Å²) in [5.74, 6) is -0.143. The first-order valence-corrected chi connectivity index (χ1v) is 10.0. The van der Waals surface area contributed by atoms with E-state index in [2.05, 4.69) is 11.9 Å². The van der Waals surface area contributed by atoms with Crippen molar-refractivity contribution in [2.75, 3.05) is 20.1 Å². The highest BCUT2D eigenvalue weighted by molar-refractivity contribution is 5.99.